The Bertz CT molecular complexity index is 597. The Balaban J connectivity index is 2.00. The first-order chi connectivity index (χ1) is 18.1. The number of amides is 1. The van der Waals surface area contributed by atoms with E-state index in [-0.39, 0.29) is 0 Å². The lowest BCUT2D eigenvalue weighted by Gasteiger charge is -2.25. The van der Waals surface area contributed by atoms with Gasteiger partial charge in [0.1, 0.15) is 6.20 Å². The molecule has 0 bridgehead atoms. The Kier molecular flexibility index (Phi) is 22.2. The van der Waals surface area contributed by atoms with Crippen molar-refractivity contribution < 1.29 is 9.28 Å². The van der Waals surface area contributed by atoms with E-state index >= 15 is 0 Å². The molecule has 3 nitrogen and oxygen atoms in total. The van der Waals surface area contributed by atoms with Crippen molar-refractivity contribution in [1.82, 2.24) is 0 Å². The summed E-state index contributed by atoms with van der Waals surface area (Å²) in [5, 5.41) is 0. The van der Waals surface area contributed by atoms with Gasteiger partial charge < -0.3 is 0 Å². The number of hydrogen-bond donors (Lipinski definition) is 0. The van der Waals surface area contributed by atoms with Crippen LogP contribution in [0.25, 0.3) is 0 Å². The van der Waals surface area contributed by atoms with Gasteiger partial charge in [-0.2, -0.15) is 4.48 Å². The molecule has 0 aromatic rings. The number of aliphatic imine (C=N–C) groups is 1. The molecule has 0 aliphatic carbocycles. The molecule has 0 N–H and O–H groups in total. The monoisotopic (exact) mass is 518 g/mol. The highest BCUT2D eigenvalue weighted by Crippen LogP contribution is 2.22. The summed E-state index contributed by atoms with van der Waals surface area (Å²) in [6.07, 6.45) is 39.4. The smallest absolute Gasteiger partial charge is 0.230 e. The molecule has 216 valence electrons. The fourth-order valence-corrected chi connectivity index (χ4v) is 5.63. The van der Waals surface area contributed by atoms with Crippen LogP contribution in [0.4, 0.5) is 0 Å². The molecule has 1 aliphatic heterocycles. The minimum Gasteiger partial charge on any atom is -0.230 e. The first kappa shape index (κ1) is 34.1. The van der Waals surface area contributed by atoms with E-state index in [9.17, 15) is 4.79 Å². The van der Waals surface area contributed by atoms with E-state index < -0.39 is 0 Å². The van der Waals surface area contributed by atoms with Gasteiger partial charge in [-0.15, -0.1) is 0 Å². The summed E-state index contributed by atoms with van der Waals surface area (Å²) in [5.41, 5.74) is 0. The van der Waals surface area contributed by atoms with Gasteiger partial charge in [-0.1, -0.05) is 162 Å². The Hall–Kier alpha value is -0.960. The summed E-state index contributed by atoms with van der Waals surface area (Å²) in [7, 11) is 2.05. The van der Waals surface area contributed by atoms with Gasteiger partial charge in [-0.05, 0) is 12.8 Å². The topological polar surface area (TPSA) is 29.4 Å². The third kappa shape index (κ3) is 17.3. The van der Waals surface area contributed by atoms with E-state index in [1.807, 2.05) is 19.4 Å². The number of carbonyl (C=O) groups is 1. The van der Waals surface area contributed by atoms with E-state index in [4.69, 9.17) is 0 Å². The Morgan fingerprint density at radius 2 is 0.919 bits per heavy atom. The second-order valence-corrected chi connectivity index (χ2v) is 11.9. The van der Waals surface area contributed by atoms with Gasteiger partial charge in [0, 0.05) is 6.42 Å². The number of rotatable bonds is 27. The van der Waals surface area contributed by atoms with Gasteiger partial charge in [0.25, 0.3) is 0 Å². The Morgan fingerprint density at radius 1 is 0.568 bits per heavy atom. The molecule has 1 aliphatic rings. The molecular formula is C34H65N2O+. The van der Waals surface area contributed by atoms with Crippen molar-refractivity contribution in [2.24, 2.45) is 4.99 Å². The van der Waals surface area contributed by atoms with Crippen LogP contribution in [0.1, 0.15) is 187 Å². The van der Waals surface area contributed by atoms with Gasteiger partial charge in [0.2, 0.25) is 5.84 Å². The van der Waals surface area contributed by atoms with Gasteiger partial charge >= 0.3 is 5.91 Å². The van der Waals surface area contributed by atoms with E-state index in [0.717, 1.165) is 25.1 Å². The molecule has 0 saturated heterocycles. The molecule has 1 atom stereocenters. The van der Waals surface area contributed by atoms with Crippen LogP contribution in [0.5, 0.6) is 0 Å². The van der Waals surface area contributed by atoms with Crippen molar-refractivity contribution in [1.29, 1.82) is 0 Å². The van der Waals surface area contributed by atoms with Crippen molar-refractivity contribution in [3.63, 3.8) is 0 Å². The summed E-state index contributed by atoms with van der Waals surface area (Å²) in [6.45, 7) is 4.57. The highest BCUT2D eigenvalue weighted by atomic mass is 16.2. The van der Waals surface area contributed by atoms with E-state index in [2.05, 4.69) is 18.8 Å². The second-order valence-electron chi connectivity index (χ2n) is 11.9. The summed E-state index contributed by atoms with van der Waals surface area (Å²) >= 11 is 0. The molecule has 1 heterocycles. The number of unbranched alkanes of at least 4 members (excludes halogenated alkanes) is 23. The maximum atomic E-state index is 13.0. The highest BCUT2D eigenvalue weighted by Gasteiger charge is 2.37. The molecule has 1 rings (SSSR count). The third-order valence-electron chi connectivity index (χ3n) is 8.39. The van der Waals surface area contributed by atoms with Crippen LogP contribution in [-0.2, 0) is 4.79 Å². The molecular weight excluding hydrogens is 452 g/mol. The molecule has 37 heavy (non-hydrogen) atoms. The molecule has 1 unspecified atom stereocenters. The van der Waals surface area contributed by atoms with E-state index in [1.165, 1.54) is 148 Å². The predicted molar refractivity (Wildman–Crippen MR) is 164 cm³/mol. The van der Waals surface area contributed by atoms with Crippen LogP contribution in [0.3, 0.4) is 0 Å². The van der Waals surface area contributed by atoms with Crippen molar-refractivity contribution in [2.75, 3.05) is 7.05 Å². The van der Waals surface area contributed by atoms with Gasteiger partial charge in [0.05, 0.1) is 19.7 Å². The average molecular weight is 518 g/mol. The van der Waals surface area contributed by atoms with Crippen LogP contribution in [0.2, 0.25) is 0 Å². The SMILES string of the molecule is CCCCCCCCCCCCCCCC1=NC=C[N+]1(C)C(=O)CCCCCCCCCCCCCC. The van der Waals surface area contributed by atoms with E-state index in [0.29, 0.717) is 16.8 Å². The molecule has 0 spiro atoms. The minimum atomic E-state index is 0.328. The minimum absolute atomic E-state index is 0.328. The molecule has 0 aromatic carbocycles. The molecule has 0 saturated carbocycles. The van der Waals surface area contributed by atoms with Crippen molar-refractivity contribution in [2.45, 2.75) is 187 Å². The Morgan fingerprint density at radius 3 is 1.32 bits per heavy atom. The summed E-state index contributed by atoms with van der Waals surface area (Å²) in [5.74, 6) is 1.39. The molecule has 0 fully saturated rings. The quantitative estimate of drug-likeness (QED) is 0.0786. The third-order valence-corrected chi connectivity index (χ3v) is 8.39. The summed E-state index contributed by atoms with van der Waals surface area (Å²) in [4.78, 5) is 17.6. The highest BCUT2D eigenvalue weighted by molar-refractivity contribution is 5.90. The Labute approximate surface area is 232 Å². The zero-order chi connectivity index (χ0) is 26.9. The van der Waals surface area contributed by atoms with Crippen molar-refractivity contribution in [3.05, 3.63) is 12.4 Å². The lowest BCUT2D eigenvalue weighted by atomic mass is 10.0. The molecule has 0 radical (unpaired) electrons. The lowest BCUT2D eigenvalue weighted by molar-refractivity contribution is -0.683. The van der Waals surface area contributed by atoms with Gasteiger partial charge in [0.15, 0.2) is 0 Å². The fraction of sp³-hybridized carbons (Fsp3) is 0.882. The van der Waals surface area contributed by atoms with Crippen LogP contribution in [-0.4, -0.2) is 23.3 Å². The first-order valence-electron chi connectivity index (χ1n) is 16.8. The summed E-state index contributed by atoms with van der Waals surface area (Å²) in [6, 6.07) is 0. The molecule has 1 amide bonds. The predicted octanol–water partition coefficient (Wildman–Crippen LogP) is 11.4. The average Bonchev–Trinajstić information content (AvgIpc) is 3.28. The maximum absolute atomic E-state index is 13.0. The lowest BCUT2D eigenvalue weighted by Crippen LogP contribution is -2.47. The van der Waals surface area contributed by atoms with Crippen molar-refractivity contribution in [3.8, 4) is 0 Å². The number of hydrogen-bond acceptors (Lipinski definition) is 2. The van der Waals surface area contributed by atoms with Gasteiger partial charge in [-0.3, -0.25) is 0 Å². The van der Waals surface area contributed by atoms with Crippen LogP contribution < -0.4 is 0 Å². The van der Waals surface area contributed by atoms with Crippen LogP contribution in [0.15, 0.2) is 17.4 Å². The maximum Gasteiger partial charge on any atom is 0.324 e. The zero-order valence-electron chi connectivity index (χ0n) is 25.5. The fourth-order valence-electron chi connectivity index (χ4n) is 5.63. The largest absolute Gasteiger partial charge is 0.324 e. The number of quaternary nitrogens is 1. The zero-order valence-corrected chi connectivity index (χ0v) is 25.5. The normalized spacial score (nSPS) is 17.0. The molecule has 0 aromatic heterocycles. The first-order valence-corrected chi connectivity index (χ1v) is 16.8. The standard InChI is InChI=1S/C34H65N2O/c1-4-6-8-10-12-14-16-18-19-21-23-25-27-29-33-35-31-32-36(33,3)34(37)30-28-26-24-22-20-17-15-13-11-9-7-5-2/h31-32H,4-30H2,1-3H3/q+1. The second kappa shape index (κ2) is 24.1. The van der Waals surface area contributed by atoms with E-state index in [1.54, 1.807) is 0 Å². The van der Waals surface area contributed by atoms with Crippen LogP contribution >= 0.6 is 0 Å². The number of carbonyl (C=O) groups excluding carboxylic acids is 1. The van der Waals surface area contributed by atoms with Crippen molar-refractivity contribution >= 4 is 11.7 Å². The number of nitrogens with zero attached hydrogens (tertiary/aromatic N) is 2. The summed E-state index contributed by atoms with van der Waals surface area (Å²) < 4.78 is 0.330. The number of amidine groups is 1. The van der Waals surface area contributed by atoms with Gasteiger partial charge in [-0.25, -0.2) is 9.79 Å². The van der Waals surface area contributed by atoms with Crippen LogP contribution in [0, 0.1) is 0 Å². The molecule has 3 heteroatoms.